The molecule has 0 saturated carbocycles. The van der Waals surface area contributed by atoms with Crippen LogP contribution in [0.5, 0.6) is 5.75 Å². The van der Waals surface area contributed by atoms with Crippen molar-refractivity contribution < 1.29 is 9.15 Å². The average molecular weight is 355 g/mol. The second-order valence-electron chi connectivity index (χ2n) is 6.48. The highest BCUT2D eigenvalue weighted by Gasteiger charge is 2.04. The Morgan fingerprint density at radius 2 is 1.88 bits per heavy atom. The Kier molecular flexibility index (Phi) is 6.41. The summed E-state index contributed by atoms with van der Waals surface area (Å²) in [5, 5.41) is 9.16. The first kappa shape index (κ1) is 18.2. The van der Waals surface area contributed by atoms with Gasteiger partial charge in [0.15, 0.2) is 0 Å². The molecule has 0 unspecified atom stereocenters. The molecule has 138 valence electrons. The number of rotatable bonds is 10. The van der Waals surface area contributed by atoms with Crippen LogP contribution in [0.4, 0.5) is 0 Å². The second kappa shape index (κ2) is 9.17. The summed E-state index contributed by atoms with van der Waals surface area (Å²) in [4.78, 5) is 11.3. The molecular weight excluding hydrogens is 330 g/mol. The largest absolute Gasteiger partial charge is 0.487 e. The van der Waals surface area contributed by atoms with Gasteiger partial charge < -0.3 is 9.15 Å². The lowest BCUT2D eigenvalue weighted by Gasteiger charge is -2.04. The highest BCUT2D eigenvalue weighted by Crippen LogP contribution is 2.20. The van der Waals surface area contributed by atoms with Crippen LogP contribution in [0, 0.1) is 0 Å². The number of ether oxygens (including phenoxy) is 1. The Labute approximate surface area is 152 Å². The Hall–Kier alpha value is -2.63. The number of benzene rings is 1. The van der Waals surface area contributed by atoms with E-state index in [0.29, 0.717) is 17.9 Å². The molecule has 0 atom stereocenters. The zero-order valence-corrected chi connectivity index (χ0v) is 15.2. The number of hydrogen-bond acceptors (Lipinski definition) is 5. The van der Waals surface area contributed by atoms with Gasteiger partial charge in [0.05, 0.1) is 6.20 Å². The minimum Gasteiger partial charge on any atom is -0.487 e. The van der Waals surface area contributed by atoms with Crippen LogP contribution in [0.3, 0.4) is 0 Å². The molecule has 3 aromatic rings. The summed E-state index contributed by atoms with van der Waals surface area (Å²) >= 11 is 0. The number of unbranched alkanes of at least 4 members (excludes halogenated alkanes) is 5. The fourth-order valence-corrected chi connectivity index (χ4v) is 2.86. The summed E-state index contributed by atoms with van der Waals surface area (Å²) in [5.74, 6) is 0.636. The van der Waals surface area contributed by atoms with Crippen LogP contribution in [0.25, 0.3) is 11.0 Å². The number of aromatic nitrogens is 3. The molecule has 3 rings (SSSR count). The molecule has 0 aliphatic rings. The van der Waals surface area contributed by atoms with Crippen molar-refractivity contribution in [1.82, 2.24) is 15.0 Å². The van der Waals surface area contributed by atoms with E-state index in [0.717, 1.165) is 24.0 Å². The maximum absolute atomic E-state index is 11.3. The topological polar surface area (TPSA) is 70.2 Å². The first-order chi connectivity index (χ1) is 12.7. The van der Waals surface area contributed by atoms with Crippen molar-refractivity contribution in [1.29, 1.82) is 0 Å². The van der Waals surface area contributed by atoms with Gasteiger partial charge in [-0.25, -0.2) is 4.79 Å². The molecule has 0 bridgehead atoms. The smallest absolute Gasteiger partial charge is 0.336 e. The van der Waals surface area contributed by atoms with Crippen molar-refractivity contribution in [3.05, 3.63) is 52.6 Å². The van der Waals surface area contributed by atoms with Gasteiger partial charge in [0.2, 0.25) is 0 Å². The first-order valence-corrected chi connectivity index (χ1v) is 9.30. The lowest BCUT2D eigenvalue weighted by molar-refractivity contribution is 0.301. The fraction of sp³-hybridized carbons (Fsp3) is 0.450. The third-order valence-corrected chi connectivity index (χ3v) is 4.31. The van der Waals surface area contributed by atoms with Gasteiger partial charge in [0.1, 0.15) is 23.6 Å². The molecule has 0 spiro atoms. The van der Waals surface area contributed by atoms with Crippen molar-refractivity contribution >= 4 is 11.0 Å². The highest BCUT2D eigenvalue weighted by molar-refractivity contribution is 5.77. The first-order valence-electron chi connectivity index (χ1n) is 9.30. The number of hydrogen-bond donors (Lipinski definition) is 0. The standard InChI is InChI=1S/C20H25N3O3/c1-2-3-4-5-6-7-12-23-14-17(21-22-23)15-25-18-10-8-16-9-11-20(24)26-19(16)13-18/h8-11,13-14H,2-7,12,15H2,1H3. The van der Waals surface area contributed by atoms with Crippen molar-refractivity contribution in [2.24, 2.45) is 0 Å². The minimum atomic E-state index is -0.368. The number of fused-ring (bicyclic) bond motifs is 1. The maximum Gasteiger partial charge on any atom is 0.336 e. The van der Waals surface area contributed by atoms with Crippen molar-refractivity contribution in [2.75, 3.05) is 0 Å². The Bertz CT molecular complexity index is 885. The van der Waals surface area contributed by atoms with Crippen LogP contribution in [0.2, 0.25) is 0 Å². The van der Waals surface area contributed by atoms with E-state index < -0.39 is 0 Å². The Morgan fingerprint density at radius 3 is 2.77 bits per heavy atom. The van der Waals surface area contributed by atoms with Crippen LogP contribution >= 0.6 is 0 Å². The SMILES string of the molecule is CCCCCCCCn1cc(COc2ccc3ccc(=O)oc3c2)nn1. The van der Waals surface area contributed by atoms with Crippen LogP contribution in [-0.2, 0) is 13.2 Å². The molecule has 26 heavy (non-hydrogen) atoms. The molecule has 0 N–H and O–H groups in total. The van der Waals surface area contributed by atoms with Crippen LogP contribution in [0.1, 0.15) is 51.1 Å². The van der Waals surface area contributed by atoms with Gasteiger partial charge in [-0.1, -0.05) is 44.2 Å². The molecular formula is C20H25N3O3. The van der Waals surface area contributed by atoms with Crippen molar-refractivity contribution in [3.63, 3.8) is 0 Å². The number of aryl methyl sites for hydroxylation is 1. The van der Waals surface area contributed by atoms with E-state index in [1.165, 1.54) is 38.2 Å². The lowest BCUT2D eigenvalue weighted by atomic mass is 10.1. The van der Waals surface area contributed by atoms with E-state index >= 15 is 0 Å². The second-order valence-corrected chi connectivity index (χ2v) is 6.48. The molecule has 0 amide bonds. The molecule has 0 saturated heterocycles. The minimum absolute atomic E-state index is 0.332. The third kappa shape index (κ3) is 5.18. The van der Waals surface area contributed by atoms with E-state index in [2.05, 4.69) is 17.2 Å². The molecule has 1 aromatic carbocycles. The zero-order chi connectivity index (χ0) is 18.2. The molecule has 0 aliphatic carbocycles. The van der Waals surface area contributed by atoms with E-state index in [4.69, 9.17) is 9.15 Å². The molecule has 6 nitrogen and oxygen atoms in total. The third-order valence-electron chi connectivity index (χ3n) is 4.31. The summed E-state index contributed by atoms with van der Waals surface area (Å²) in [6.45, 7) is 3.45. The zero-order valence-electron chi connectivity index (χ0n) is 15.2. The summed E-state index contributed by atoms with van der Waals surface area (Å²) in [5.41, 5.74) is 0.930. The lowest BCUT2D eigenvalue weighted by Crippen LogP contribution is -1.99. The van der Waals surface area contributed by atoms with Crippen molar-refractivity contribution in [2.45, 2.75) is 58.6 Å². The van der Waals surface area contributed by atoms with E-state index in [9.17, 15) is 4.79 Å². The molecule has 2 heterocycles. The van der Waals surface area contributed by atoms with Gasteiger partial charge in [0.25, 0.3) is 0 Å². The van der Waals surface area contributed by atoms with Gasteiger partial charge in [0, 0.05) is 24.1 Å². The summed E-state index contributed by atoms with van der Waals surface area (Å²) in [6, 6.07) is 8.58. The Morgan fingerprint density at radius 1 is 1.08 bits per heavy atom. The molecule has 0 radical (unpaired) electrons. The number of nitrogens with zero attached hydrogens (tertiary/aromatic N) is 3. The van der Waals surface area contributed by atoms with Gasteiger partial charge in [-0.2, -0.15) is 0 Å². The van der Waals surface area contributed by atoms with Gasteiger partial charge in [-0.3, -0.25) is 4.68 Å². The molecule has 2 aromatic heterocycles. The predicted octanol–water partition coefficient (Wildman–Crippen LogP) is 4.32. The van der Waals surface area contributed by atoms with Gasteiger partial charge in [-0.05, 0) is 24.6 Å². The van der Waals surface area contributed by atoms with E-state index in [1.54, 1.807) is 12.1 Å². The average Bonchev–Trinajstić information content (AvgIpc) is 3.10. The monoisotopic (exact) mass is 355 g/mol. The van der Waals surface area contributed by atoms with Gasteiger partial charge in [-0.15, -0.1) is 5.10 Å². The summed E-state index contributed by atoms with van der Waals surface area (Å²) < 4.78 is 12.8. The van der Waals surface area contributed by atoms with E-state index in [1.807, 2.05) is 23.0 Å². The molecule has 6 heteroatoms. The quantitative estimate of drug-likeness (QED) is 0.400. The maximum atomic E-state index is 11.3. The van der Waals surface area contributed by atoms with Crippen LogP contribution in [0.15, 0.2) is 45.7 Å². The summed E-state index contributed by atoms with van der Waals surface area (Å²) in [7, 11) is 0. The van der Waals surface area contributed by atoms with E-state index in [-0.39, 0.29) is 5.63 Å². The highest BCUT2D eigenvalue weighted by atomic mass is 16.5. The van der Waals surface area contributed by atoms with Gasteiger partial charge >= 0.3 is 5.63 Å². The summed E-state index contributed by atoms with van der Waals surface area (Å²) in [6.07, 6.45) is 9.48. The normalized spacial score (nSPS) is 11.1. The van der Waals surface area contributed by atoms with Crippen LogP contribution < -0.4 is 10.4 Å². The molecule has 0 aliphatic heterocycles. The van der Waals surface area contributed by atoms with Crippen LogP contribution in [-0.4, -0.2) is 15.0 Å². The fourth-order valence-electron chi connectivity index (χ4n) is 2.86. The predicted molar refractivity (Wildman–Crippen MR) is 100 cm³/mol. The Balaban J connectivity index is 1.48. The molecule has 0 fully saturated rings. The van der Waals surface area contributed by atoms with Crippen molar-refractivity contribution in [3.8, 4) is 5.75 Å².